The van der Waals surface area contributed by atoms with E-state index in [0.717, 1.165) is 32.9 Å². The van der Waals surface area contributed by atoms with Crippen LogP contribution in [0.5, 0.6) is 0 Å². The topological polar surface area (TPSA) is 25.8 Å². The van der Waals surface area contributed by atoms with Gasteiger partial charge in [0, 0.05) is 34.3 Å². The van der Waals surface area contributed by atoms with Crippen molar-refractivity contribution in [2.24, 2.45) is 0 Å². The van der Waals surface area contributed by atoms with Crippen molar-refractivity contribution in [3.05, 3.63) is 182 Å². The fraction of sp³-hybridized carbons (Fsp3) is 0. The molecule has 264 valence electrons. The van der Waals surface area contributed by atoms with Gasteiger partial charge in [0.15, 0.2) is 0 Å². The van der Waals surface area contributed by atoms with Crippen LogP contribution in [0, 0.1) is 0 Å². The van der Waals surface area contributed by atoms with Crippen molar-refractivity contribution in [3.8, 4) is 66.8 Å². The molecule has 0 N–H and O–H groups in total. The molecule has 0 fully saturated rings. The molecule has 0 unspecified atom stereocenters. The minimum Gasteiger partial charge on any atom is -0.256 e. The Morgan fingerprint density at radius 3 is 1.41 bits per heavy atom. The SMILES string of the molecule is c1ccc2ncc(-c3cc4c5cc6c(c(-c7cnc8ccccc8c7)c5ccc4c4cc5c(cc34)-c3cccc4cccc-5c34)-c3cccc4cccc-6c34)cc2c1. The Hall–Kier alpha value is -7.68. The smallest absolute Gasteiger partial charge is 0.0702 e. The van der Waals surface area contributed by atoms with Crippen molar-refractivity contribution >= 4 is 75.7 Å². The molecule has 0 saturated carbocycles. The molecule has 14 rings (SSSR count). The third-order valence-corrected chi connectivity index (χ3v) is 13.1. The summed E-state index contributed by atoms with van der Waals surface area (Å²) in [4.78, 5) is 10.0. The van der Waals surface area contributed by atoms with Crippen LogP contribution in [0.1, 0.15) is 0 Å². The van der Waals surface area contributed by atoms with E-state index in [4.69, 9.17) is 9.97 Å². The Bertz CT molecular complexity index is 3840. The molecule has 2 heteroatoms. The summed E-state index contributed by atoms with van der Waals surface area (Å²) in [6.45, 7) is 0. The predicted molar refractivity (Wildman–Crippen MR) is 244 cm³/mol. The fourth-order valence-electron chi connectivity index (χ4n) is 10.6. The van der Waals surface area contributed by atoms with Crippen LogP contribution in [0.4, 0.5) is 0 Å². The van der Waals surface area contributed by atoms with Gasteiger partial charge < -0.3 is 0 Å². The van der Waals surface area contributed by atoms with Crippen LogP contribution in [-0.2, 0) is 0 Å². The molecule has 12 aromatic rings. The lowest BCUT2D eigenvalue weighted by Crippen LogP contribution is -1.93. The summed E-state index contributed by atoms with van der Waals surface area (Å²) in [5, 5.41) is 15.0. The van der Waals surface area contributed by atoms with Crippen molar-refractivity contribution in [2.45, 2.75) is 0 Å². The van der Waals surface area contributed by atoms with Crippen LogP contribution in [0.3, 0.4) is 0 Å². The van der Waals surface area contributed by atoms with Gasteiger partial charge in [-0.2, -0.15) is 0 Å². The highest BCUT2D eigenvalue weighted by atomic mass is 14.7. The molecule has 10 aromatic carbocycles. The number of rotatable bonds is 2. The van der Waals surface area contributed by atoms with Gasteiger partial charge in [0.2, 0.25) is 0 Å². The van der Waals surface area contributed by atoms with Crippen molar-refractivity contribution < 1.29 is 0 Å². The predicted octanol–water partition coefficient (Wildman–Crippen LogP) is 15.2. The van der Waals surface area contributed by atoms with E-state index in [9.17, 15) is 0 Å². The zero-order valence-electron chi connectivity index (χ0n) is 31.2. The number of fused-ring (bicyclic) bond motifs is 13. The highest BCUT2D eigenvalue weighted by Crippen LogP contribution is 2.56. The van der Waals surface area contributed by atoms with Gasteiger partial charge in [0.05, 0.1) is 11.0 Å². The maximum Gasteiger partial charge on any atom is 0.0702 e. The first-order valence-corrected chi connectivity index (χ1v) is 20.0. The lowest BCUT2D eigenvalue weighted by molar-refractivity contribution is 1.41. The molecule has 0 radical (unpaired) electrons. The Labute approximate surface area is 333 Å². The second-order valence-corrected chi connectivity index (χ2v) is 16.0. The summed E-state index contributed by atoms with van der Waals surface area (Å²) in [5.41, 5.74) is 17.1. The van der Waals surface area contributed by atoms with Gasteiger partial charge in [-0.15, -0.1) is 0 Å². The average molecular weight is 731 g/mol. The van der Waals surface area contributed by atoms with E-state index in [2.05, 4.69) is 182 Å². The van der Waals surface area contributed by atoms with E-state index in [1.165, 1.54) is 109 Å². The molecule has 2 nitrogen and oxygen atoms in total. The maximum absolute atomic E-state index is 5.03. The number of para-hydroxylation sites is 2. The molecule has 2 aliphatic carbocycles. The van der Waals surface area contributed by atoms with Crippen LogP contribution in [0.15, 0.2) is 182 Å². The van der Waals surface area contributed by atoms with E-state index >= 15 is 0 Å². The quantitative estimate of drug-likeness (QED) is 0.166. The molecule has 2 aliphatic rings. The second-order valence-electron chi connectivity index (χ2n) is 16.0. The molecule has 0 spiro atoms. The number of hydrogen-bond acceptors (Lipinski definition) is 2. The molecular weight excluding hydrogens is 701 g/mol. The lowest BCUT2D eigenvalue weighted by Gasteiger charge is -2.19. The van der Waals surface area contributed by atoms with Gasteiger partial charge in [-0.3, -0.25) is 9.97 Å². The molecular formula is C56H30N2. The van der Waals surface area contributed by atoms with E-state index in [0.29, 0.717) is 0 Å². The largest absolute Gasteiger partial charge is 0.256 e. The Morgan fingerprint density at radius 2 is 0.724 bits per heavy atom. The molecule has 2 aromatic heterocycles. The third kappa shape index (κ3) is 3.96. The van der Waals surface area contributed by atoms with E-state index in [1.807, 2.05) is 0 Å². The fourth-order valence-corrected chi connectivity index (χ4v) is 10.6. The highest BCUT2D eigenvalue weighted by Gasteiger charge is 2.28. The number of aromatic nitrogens is 2. The van der Waals surface area contributed by atoms with Crippen LogP contribution in [0.25, 0.3) is 142 Å². The van der Waals surface area contributed by atoms with Gasteiger partial charge in [0.25, 0.3) is 0 Å². The van der Waals surface area contributed by atoms with Crippen molar-refractivity contribution in [1.29, 1.82) is 0 Å². The first kappa shape index (κ1) is 30.5. The van der Waals surface area contributed by atoms with Gasteiger partial charge in [0.1, 0.15) is 0 Å². The third-order valence-electron chi connectivity index (χ3n) is 13.1. The van der Waals surface area contributed by atoms with Crippen LogP contribution < -0.4 is 0 Å². The van der Waals surface area contributed by atoms with E-state index in [-0.39, 0.29) is 0 Å². The molecule has 58 heavy (non-hydrogen) atoms. The number of nitrogens with zero attached hydrogens (tertiary/aromatic N) is 2. The summed E-state index contributed by atoms with van der Waals surface area (Å²) >= 11 is 0. The van der Waals surface area contributed by atoms with Gasteiger partial charge >= 0.3 is 0 Å². The van der Waals surface area contributed by atoms with Crippen molar-refractivity contribution in [1.82, 2.24) is 9.97 Å². The first-order valence-electron chi connectivity index (χ1n) is 20.0. The Kier molecular flexibility index (Phi) is 5.79. The molecule has 0 saturated heterocycles. The normalized spacial score (nSPS) is 12.5. The van der Waals surface area contributed by atoms with Crippen molar-refractivity contribution in [3.63, 3.8) is 0 Å². The Balaban J connectivity index is 1.16. The van der Waals surface area contributed by atoms with Gasteiger partial charge in [-0.05, 0) is 158 Å². The second kappa shape index (κ2) is 11.0. The van der Waals surface area contributed by atoms with E-state index < -0.39 is 0 Å². The Morgan fingerprint density at radius 1 is 0.259 bits per heavy atom. The number of benzene rings is 10. The standard InChI is InChI=1S/C56H30N2/c1-3-19-51-33(9-1)23-35(29-57-51)43-25-44-37(45-26-46-38-15-5-11-31-12-6-16-39(53(31)38)47(46)27-49(43)45)21-22-41-48(44)28-50-40-17-7-13-32-14-8-18-42(54(32)40)56(50)55(41)36-24-34-10-2-4-20-52(34)58-30-36/h1-30H. The summed E-state index contributed by atoms with van der Waals surface area (Å²) in [5.74, 6) is 0. The maximum atomic E-state index is 5.03. The average Bonchev–Trinajstić information content (AvgIpc) is 3.78. The molecule has 0 aliphatic heterocycles. The number of pyridine rings is 2. The molecule has 0 atom stereocenters. The first-order chi connectivity index (χ1) is 28.7. The van der Waals surface area contributed by atoms with Gasteiger partial charge in [-0.1, -0.05) is 121 Å². The van der Waals surface area contributed by atoms with Crippen LogP contribution >= 0.6 is 0 Å². The monoisotopic (exact) mass is 730 g/mol. The minimum atomic E-state index is 1.00. The summed E-state index contributed by atoms with van der Waals surface area (Å²) in [7, 11) is 0. The lowest BCUT2D eigenvalue weighted by atomic mass is 9.84. The zero-order valence-corrected chi connectivity index (χ0v) is 31.2. The summed E-state index contributed by atoms with van der Waals surface area (Å²) in [6, 6.07) is 63.1. The van der Waals surface area contributed by atoms with Gasteiger partial charge in [-0.25, -0.2) is 0 Å². The zero-order chi connectivity index (χ0) is 37.6. The molecule has 0 bridgehead atoms. The van der Waals surface area contributed by atoms with Crippen LogP contribution in [-0.4, -0.2) is 9.97 Å². The summed E-state index contributed by atoms with van der Waals surface area (Å²) in [6.07, 6.45) is 4.15. The van der Waals surface area contributed by atoms with E-state index in [1.54, 1.807) is 0 Å². The molecule has 0 amide bonds. The summed E-state index contributed by atoms with van der Waals surface area (Å²) < 4.78 is 0. The molecule has 2 heterocycles. The number of hydrogen-bond donors (Lipinski definition) is 0. The van der Waals surface area contributed by atoms with Crippen LogP contribution in [0.2, 0.25) is 0 Å². The highest BCUT2D eigenvalue weighted by molar-refractivity contribution is 6.30. The minimum absolute atomic E-state index is 1.00. The van der Waals surface area contributed by atoms with Crippen molar-refractivity contribution in [2.75, 3.05) is 0 Å².